The highest BCUT2D eigenvalue weighted by Crippen LogP contribution is 2.21. The molecule has 4 aromatic rings. The van der Waals surface area contributed by atoms with Crippen molar-refractivity contribution < 1.29 is 0 Å². The van der Waals surface area contributed by atoms with E-state index < -0.39 is 0 Å². The van der Waals surface area contributed by atoms with Crippen molar-refractivity contribution in [3.8, 4) is 0 Å². The number of nitrogens with zero attached hydrogens (tertiary/aromatic N) is 1. The lowest BCUT2D eigenvalue weighted by Crippen LogP contribution is -1.92. The van der Waals surface area contributed by atoms with Gasteiger partial charge < -0.3 is 10.3 Å². The fourth-order valence-electron chi connectivity index (χ4n) is 3.18. The summed E-state index contributed by atoms with van der Waals surface area (Å²) >= 11 is 0. The van der Waals surface area contributed by atoms with Crippen molar-refractivity contribution in [2.45, 2.75) is 19.3 Å². The highest BCUT2D eigenvalue weighted by molar-refractivity contribution is 5.83. The average Bonchev–Trinajstić information content (AvgIpc) is 3.07. The van der Waals surface area contributed by atoms with Gasteiger partial charge in [-0.15, -0.1) is 0 Å². The van der Waals surface area contributed by atoms with Crippen LogP contribution in [0, 0.1) is 0 Å². The Morgan fingerprint density at radius 2 is 1.56 bits per heavy atom. The lowest BCUT2D eigenvalue weighted by atomic mass is 10.0. The summed E-state index contributed by atoms with van der Waals surface area (Å²) in [5.41, 5.74) is 6.17. The van der Waals surface area contributed by atoms with E-state index in [0.29, 0.717) is 0 Å². The summed E-state index contributed by atoms with van der Waals surface area (Å²) in [5.74, 6) is 0. The standard InChI is InChI=1S/C22H21N3/c1-2-7-22-21(6-1)18(16-24-22)5-3-4-17-8-10-19(11-9-17)25-20-12-14-23-15-13-20/h1-2,6-16,24H,3-5H2,(H,23,25). The van der Waals surface area contributed by atoms with Gasteiger partial charge in [-0.05, 0) is 60.7 Å². The lowest BCUT2D eigenvalue weighted by molar-refractivity contribution is 0.825. The quantitative estimate of drug-likeness (QED) is 0.492. The van der Waals surface area contributed by atoms with Crippen LogP contribution in [0.2, 0.25) is 0 Å². The van der Waals surface area contributed by atoms with Crippen molar-refractivity contribution in [2.75, 3.05) is 5.32 Å². The molecule has 25 heavy (non-hydrogen) atoms. The molecule has 124 valence electrons. The number of pyridine rings is 1. The number of anilines is 2. The van der Waals surface area contributed by atoms with Crippen LogP contribution in [0.5, 0.6) is 0 Å². The SMILES string of the molecule is c1ccc2c(CCCc3ccc(Nc4ccncc4)cc3)c[nH]c2c1. The van der Waals surface area contributed by atoms with Crippen molar-refractivity contribution in [1.82, 2.24) is 9.97 Å². The molecular formula is C22H21N3. The minimum Gasteiger partial charge on any atom is -0.361 e. The maximum Gasteiger partial charge on any atom is 0.0456 e. The van der Waals surface area contributed by atoms with E-state index in [4.69, 9.17) is 0 Å². The van der Waals surface area contributed by atoms with E-state index in [1.54, 1.807) is 12.4 Å². The van der Waals surface area contributed by atoms with Gasteiger partial charge in [-0.1, -0.05) is 30.3 Å². The third-order valence-corrected chi connectivity index (χ3v) is 4.51. The Labute approximate surface area is 147 Å². The van der Waals surface area contributed by atoms with Gasteiger partial charge >= 0.3 is 0 Å². The summed E-state index contributed by atoms with van der Waals surface area (Å²) in [6.07, 6.45) is 9.07. The van der Waals surface area contributed by atoms with Gasteiger partial charge in [-0.2, -0.15) is 0 Å². The minimum absolute atomic E-state index is 1.06. The molecule has 2 aromatic heterocycles. The molecule has 0 amide bonds. The highest BCUT2D eigenvalue weighted by Gasteiger charge is 2.03. The summed E-state index contributed by atoms with van der Waals surface area (Å²) in [4.78, 5) is 7.39. The van der Waals surface area contributed by atoms with E-state index in [9.17, 15) is 0 Å². The second kappa shape index (κ2) is 7.22. The normalized spacial score (nSPS) is 10.9. The molecule has 3 heteroatoms. The van der Waals surface area contributed by atoms with Gasteiger partial charge in [0.15, 0.2) is 0 Å². The molecule has 3 nitrogen and oxygen atoms in total. The Morgan fingerprint density at radius 3 is 2.40 bits per heavy atom. The minimum atomic E-state index is 1.06. The predicted molar refractivity (Wildman–Crippen MR) is 104 cm³/mol. The molecule has 0 saturated heterocycles. The van der Waals surface area contributed by atoms with Gasteiger partial charge in [0.2, 0.25) is 0 Å². The van der Waals surface area contributed by atoms with E-state index >= 15 is 0 Å². The van der Waals surface area contributed by atoms with E-state index in [1.807, 2.05) is 12.1 Å². The Balaban J connectivity index is 1.34. The van der Waals surface area contributed by atoms with E-state index in [-0.39, 0.29) is 0 Å². The van der Waals surface area contributed by atoms with Crippen LogP contribution < -0.4 is 5.32 Å². The van der Waals surface area contributed by atoms with Crippen LogP contribution in [0.25, 0.3) is 10.9 Å². The van der Waals surface area contributed by atoms with Gasteiger partial charge in [0.25, 0.3) is 0 Å². The third-order valence-electron chi connectivity index (χ3n) is 4.51. The van der Waals surface area contributed by atoms with Crippen LogP contribution in [-0.2, 0) is 12.8 Å². The average molecular weight is 327 g/mol. The molecule has 0 radical (unpaired) electrons. The number of fused-ring (bicyclic) bond motifs is 1. The Hall–Kier alpha value is -3.07. The highest BCUT2D eigenvalue weighted by atomic mass is 14.9. The second-order valence-electron chi connectivity index (χ2n) is 6.27. The smallest absolute Gasteiger partial charge is 0.0456 e. The summed E-state index contributed by atoms with van der Waals surface area (Å²) < 4.78 is 0. The van der Waals surface area contributed by atoms with Crippen LogP contribution in [0.1, 0.15) is 17.5 Å². The fraction of sp³-hybridized carbons (Fsp3) is 0.136. The molecule has 0 aliphatic rings. The Kier molecular flexibility index (Phi) is 4.46. The van der Waals surface area contributed by atoms with Crippen LogP contribution in [0.15, 0.2) is 79.3 Å². The monoisotopic (exact) mass is 327 g/mol. The molecule has 0 fully saturated rings. The molecular weight excluding hydrogens is 306 g/mol. The first-order valence-electron chi connectivity index (χ1n) is 8.69. The summed E-state index contributed by atoms with van der Waals surface area (Å²) in [5, 5.41) is 4.73. The number of benzene rings is 2. The van der Waals surface area contributed by atoms with Gasteiger partial charge in [0, 0.05) is 40.9 Å². The molecule has 0 unspecified atom stereocenters. The summed E-state index contributed by atoms with van der Waals surface area (Å²) in [7, 11) is 0. The van der Waals surface area contributed by atoms with Crippen LogP contribution in [0.4, 0.5) is 11.4 Å². The molecule has 2 heterocycles. The lowest BCUT2D eigenvalue weighted by Gasteiger charge is -2.07. The number of rotatable bonds is 6. The fourth-order valence-corrected chi connectivity index (χ4v) is 3.18. The number of hydrogen-bond donors (Lipinski definition) is 2. The van der Waals surface area contributed by atoms with Gasteiger partial charge in [-0.25, -0.2) is 0 Å². The molecule has 0 bridgehead atoms. The number of aryl methyl sites for hydroxylation is 2. The van der Waals surface area contributed by atoms with Gasteiger partial charge in [0.05, 0.1) is 0 Å². The Bertz CT molecular complexity index is 940. The number of para-hydroxylation sites is 1. The van der Waals surface area contributed by atoms with Crippen molar-refractivity contribution in [1.29, 1.82) is 0 Å². The zero-order valence-corrected chi connectivity index (χ0v) is 14.1. The molecule has 4 rings (SSSR count). The molecule has 2 aromatic carbocycles. The van der Waals surface area contributed by atoms with Crippen LogP contribution in [0.3, 0.4) is 0 Å². The van der Waals surface area contributed by atoms with Gasteiger partial charge in [0.1, 0.15) is 0 Å². The molecule has 0 saturated carbocycles. The van der Waals surface area contributed by atoms with Crippen molar-refractivity contribution >= 4 is 22.3 Å². The van der Waals surface area contributed by atoms with Crippen molar-refractivity contribution in [3.05, 3.63) is 90.4 Å². The van der Waals surface area contributed by atoms with E-state index in [0.717, 1.165) is 30.6 Å². The number of nitrogens with one attached hydrogen (secondary N) is 2. The van der Waals surface area contributed by atoms with Gasteiger partial charge in [-0.3, -0.25) is 4.98 Å². The van der Waals surface area contributed by atoms with Crippen molar-refractivity contribution in [2.24, 2.45) is 0 Å². The number of hydrogen-bond acceptors (Lipinski definition) is 2. The number of aromatic amines is 1. The van der Waals surface area contributed by atoms with Crippen LogP contribution >= 0.6 is 0 Å². The first kappa shape index (κ1) is 15.5. The number of H-pyrrole nitrogens is 1. The maximum absolute atomic E-state index is 4.03. The topological polar surface area (TPSA) is 40.7 Å². The number of aromatic nitrogens is 2. The van der Waals surface area contributed by atoms with Crippen molar-refractivity contribution in [3.63, 3.8) is 0 Å². The second-order valence-corrected chi connectivity index (χ2v) is 6.27. The molecule has 0 aliphatic carbocycles. The van der Waals surface area contributed by atoms with Crippen LogP contribution in [-0.4, -0.2) is 9.97 Å². The first-order chi connectivity index (χ1) is 12.4. The largest absolute Gasteiger partial charge is 0.361 e. The maximum atomic E-state index is 4.03. The molecule has 0 atom stereocenters. The molecule has 0 aliphatic heterocycles. The Morgan fingerprint density at radius 1 is 0.800 bits per heavy atom. The zero-order valence-electron chi connectivity index (χ0n) is 14.1. The summed E-state index contributed by atoms with van der Waals surface area (Å²) in [6.45, 7) is 0. The first-order valence-corrected chi connectivity index (χ1v) is 8.69. The molecule has 0 spiro atoms. The van der Waals surface area contributed by atoms with E-state index in [2.05, 4.69) is 70.0 Å². The zero-order chi connectivity index (χ0) is 16.9. The van der Waals surface area contributed by atoms with E-state index in [1.165, 1.54) is 22.0 Å². The summed E-state index contributed by atoms with van der Waals surface area (Å²) in [6, 6.07) is 21.1. The molecule has 2 N–H and O–H groups in total. The third kappa shape index (κ3) is 3.72. The predicted octanol–water partition coefficient (Wildman–Crippen LogP) is 5.48.